The van der Waals surface area contributed by atoms with Crippen LogP contribution in [0.25, 0.3) is 21.7 Å². The minimum absolute atomic E-state index is 0.270. The topological polar surface area (TPSA) is 93.6 Å². The van der Waals surface area contributed by atoms with Crippen LogP contribution in [0.5, 0.6) is 0 Å². The highest BCUT2D eigenvalue weighted by Gasteiger charge is 2.15. The van der Waals surface area contributed by atoms with Crippen molar-refractivity contribution in [3.8, 4) is 11.5 Å². The number of nitrogens with one attached hydrogen (secondary N) is 1. The van der Waals surface area contributed by atoms with E-state index in [1.807, 2.05) is 29.6 Å². The van der Waals surface area contributed by atoms with E-state index in [2.05, 4.69) is 30.2 Å². The summed E-state index contributed by atoms with van der Waals surface area (Å²) in [7, 11) is 0. The molecule has 8 heteroatoms. The van der Waals surface area contributed by atoms with Gasteiger partial charge in [0.1, 0.15) is 28.4 Å². The molecule has 0 saturated heterocycles. The van der Waals surface area contributed by atoms with Gasteiger partial charge in [0, 0.05) is 12.4 Å². The van der Waals surface area contributed by atoms with Crippen LogP contribution in [0.1, 0.15) is 10.5 Å². The molecule has 4 heterocycles. The molecule has 4 rings (SSSR count). The molecule has 0 aliphatic carbocycles. The van der Waals surface area contributed by atoms with Crippen LogP contribution in [-0.2, 0) is 0 Å². The van der Waals surface area contributed by atoms with Crippen molar-refractivity contribution < 1.29 is 4.79 Å². The van der Waals surface area contributed by atoms with Crippen LogP contribution in [-0.4, -0.2) is 30.8 Å². The molecule has 0 aromatic carbocycles. The van der Waals surface area contributed by atoms with E-state index in [9.17, 15) is 4.79 Å². The second-order valence-corrected chi connectivity index (χ2v) is 5.69. The molecule has 0 aliphatic rings. The average Bonchev–Trinajstić information content (AvgIpc) is 3.12. The van der Waals surface area contributed by atoms with E-state index in [4.69, 9.17) is 0 Å². The Hall–Kier alpha value is -3.26. The Balaban J connectivity index is 1.77. The van der Waals surface area contributed by atoms with E-state index in [-0.39, 0.29) is 11.6 Å². The van der Waals surface area contributed by atoms with Crippen molar-refractivity contribution in [1.82, 2.24) is 24.9 Å². The Labute approximate surface area is 140 Å². The van der Waals surface area contributed by atoms with Crippen molar-refractivity contribution in [2.75, 3.05) is 5.32 Å². The van der Waals surface area contributed by atoms with Gasteiger partial charge >= 0.3 is 0 Å². The lowest BCUT2D eigenvalue weighted by Crippen LogP contribution is -2.15. The molecule has 1 amide bonds. The third-order valence-corrected chi connectivity index (χ3v) is 4.07. The zero-order chi connectivity index (χ0) is 16.4. The molecule has 0 unspecified atom stereocenters. The lowest BCUT2D eigenvalue weighted by molar-refractivity contribution is 0.102. The zero-order valence-electron chi connectivity index (χ0n) is 12.2. The van der Waals surface area contributed by atoms with Crippen molar-refractivity contribution in [3.05, 3.63) is 60.1 Å². The van der Waals surface area contributed by atoms with Crippen LogP contribution >= 0.6 is 11.3 Å². The van der Waals surface area contributed by atoms with Gasteiger partial charge in [-0.3, -0.25) is 9.78 Å². The third-order valence-electron chi connectivity index (χ3n) is 3.27. The van der Waals surface area contributed by atoms with Crippen LogP contribution < -0.4 is 5.32 Å². The molecular weight excluding hydrogens is 324 g/mol. The maximum absolute atomic E-state index is 12.4. The molecule has 1 N–H and O–H groups in total. The number of carbonyl (C=O) groups excluding carboxylic acids is 1. The Bertz CT molecular complexity index is 1000. The quantitative estimate of drug-likeness (QED) is 0.619. The van der Waals surface area contributed by atoms with E-state index >= 15 is 0 Å². The van der Waals surface area contributed by atoms with Crippen molar-refractivity contribution in [2.24, 2.45) is 0 Å². The maximum Gasteiger partial charge on any atom is 0.275 e. The molecule has 0 spiro atoms. The number of thiophene rings is 1. The van der Waals surface area contributed by atoms with Crippen LogP contribution in [0.2, 0.25) is 0 Å². The number of pyridine rings is 1. The summed E-state index contributed by atoms with van der Waals surface area (Å²) in [5, 5.41) is 5.48. The predicted molar refractivity (Wildman–Crippen MR) is 90.6 cm³/mol. The number of aromatic nitrogens is 5. The van der Waals surface area contributed by atoms with Crippen molar-refractivity contribution >= 4 is 33.3 Å². The molecule has 4 aromatic heterocycles. The summed E-state index contributed by atoms with van der Waals surface area (Å²) >= 11 is 1.48. The summed E-state index contributed by atoms with van der Waals surface area (Å²) in [6, 6.07) is 8.93. The molecule has 0 atom stereocenters. The van der Waals surface area contributed by atoms with Gasteiger partial charge in [-0.1, -0.05) is 6.07 Å². The minimum Gasteiger partial charge on any atom is -0.305 e. The number of anilines is 1. The molecule has 4 aromatic rings. The number of amides is 1. The summed E-state index contributed by atoms with van der Waals surface area (Å²) in [4.78, 5) is 34.1. The van der Waals surface area contributed by atoms with Gasteiger partial charge in [0.2, 0.25) is 0 Å². The standard InChI is InChI=1S/C16H10N6OS/c23-15(12-4-7-17-9-19-12)21-13-10-5-8-24-16(10)22-14(20-13)11-3-1-2-6-18-11/h1-9H,(H,20,21,22,23). The number of hydrogen-bond donors (Lipinski definition) is 1. The fraction of sp³-hybridized carbons (Fsp3) is 0. The summed E-state index contributed by atoms with van der Waals surface area (Å²) in [5.74, 6) is 0.546. The molecule has 0 aliphatic heterocycles. The summed E-state index contributed by atoms with van der Waals surface area (Å²) < 4.78 is 0. The summed E-state index contributed by atoms with van der Waals surface area (Å²) in [6.45, 7) is 0. The third kappa shape index (κ3) is 2.70. The van der Waals surface area contributed by atoms with Gasteiger partial charge in [-0.2, -0.15) is 0 Å². The Morgan fingerprint density at radius 3 is 2.79 bits per heavy atom. The molecule has 7 nitrogen and oxygen atoms in total. The van der Waals surface area contributed by atoms with E-state index in [1.165, 1.54) is 23.9 Å². The Morgan fingerprint density at radius 1 is 1.04 bits per heavy atom. The van der Waals surface area contributed by atoms with Gasteiger partial charge in [-0.05, 0) is 29.6 Å². The molecular formula is C16H10N6OS. The van der Waals surface area contributed by atoms with Crippen LogP contribution in [0.3, 0.4) is 0 Å². The largest absolute Gasteiger partial charge is 0.305 e. The SMILES string of the molecule is O=C(Nc1nc(-c2ccccn2)nc2sccc12)c1ccncn1. The van der Waals surface area contributed by atoms with E-state index < -0.39 is 0 Å². The Kier molecular flexibility index (Phi) is 3.64. The maximum atomic E-state index is 12.4. The van der Waals surface area contributed by atoms with Gasteiger partial charge in [0.25, 0.3) is 5.91 Å². The number of nitrogens with zero attached hydrogens (tertiary/aromatic N) is 5. The van der Waals surface area contributed by atoms with E-state index in [0.29, 0.717) is 17.3 Å². The summed E-state index contributed by atoms with van der Waals surface area (Å²) in [5.41, 5.74) is 0.914. The van der Waals surface area contributed by atoms with Crippen molar-refractivity contribution in [2.45, 2.75) is 0 Å². The smallest absolute Gasteiger partial charge is 0.275 e. The highest BCUT2D eigenvalue weighted by Crippen LogP contribution is 2.28. The fourth-order valence-electron chi connectivity index (χ4n) is 2.16. The van der Waals surface area contributed by atoms with Gasteiger partial charge in [0.05, 0.1) is 5.39 Å². The highest BCUT2D eigenvalue weighted by atomic mass is 32.1. The van der Waals surface area contributed by atoms with E-state index in [0.717, 1.165) is 10.2 Å². The van der Waals surface area contributed by atoms with Crippen molar-refractivity contribution in [3.63, 3.8) is 0 Å². The molecule has 24 heavy (non-hydrogen) atoms. The fourth-order valence-corrected chi connectivity index (χ4v) is 2.92. The first-order valence-electron chi connectivity index (χ1n) is 7.05. The number of fused-ring (bicyclic) bond motifs is 1. The van der Waals surface area contributed by atoms with Gasteiger partial charge in [-0.25, -0.2) is 19.9 Å². The number of rotatable bonds is 3. The second-order valence-electron chi connectivity index (χ2n) is 4.80. The van der Waals surface area contributed by atoms with Crippen molar-refractivity contribution in [1.29, 1.82) is 0 Å². The molecule has 0 fully saturated rings. The molecule has 0 saturated carbocycles. The number of carbonyl (C=O) groups is 1. The van der Waals surface area contributed by atoms with Crippen LogP contribution in [0.4, 0.5) is 5.82 Å². The lowest BCUT2D eigenvalue weighted by Gasteiger charge is -2.07. The van der Waals surface area contributed by atoms with Crippen LogP contribution in [0.15, 0.2) is 54.4 Å². The minimum atomic E-state index is -0.351. The lowest BCUT2D eigenvalue weighted by atomic mass is 10.3. The first kappa shape index (κ1) is 14.3. The second kappa shape index (κ2) is 6.09. The first-order valence-corrected chi connectivity index (χ1v) is 7.93. The average molecular weight is 334 g/mol. The summed E-state index contributed by atoms with van der Waals surface area (Å²) in [6.07, 6.45) is 4.52. The monoisotopic (exact) mass is 334 g/mol. The molecule has 116 valence electrons. The Morgan fingerprint density at radius 2 is 2.00 bits per heavy atom. The number of hydrogen-bond acceptors (Lipinski definition) is 7. The molecule has 0 bridgehead atoms. The van der Waals surface area contributed by atoms with E-state index in [1.54, 1.807) is 12.3 Å². The van der Waals surface area contributed by atoms with Crippen LogP contribution in [0, 0.1) is 0 Å². The predicted octanol–water partition coefficient (Wildman–Crippen LogP) is 2.80. The highest BCUT2D eigenvalue weighted by molar-refractivity contribution is 7.16. The van der Waals surface area contributed by atoms with Gasteiger partial charge in [0.15, 0.2) is 5.82 Å². The van der Waals surface area contributed by atoms with Gasteiger partial charge < -0.3 is 5.32 Å². The first-order chi connectivity index (χ1) is 11.8. The van der Waals surface area contributed by atoms with Gasteiger partial charge in [-0.15, -0.1) is 11.3 Å². The zero-order valence-corrected chi connectivity index (χ0v) is 13.1. The normalized spacial score (nSPS) is 10.7. The molecule has 0 radical (unpaired) electrons.